The second-order valence-corrected chi connectivity index (χ2v) is 13.0. The van der Waals surface area contributed by atoms with Gasteiger partial charge in [0.1, 0.15) is 0 Å². The van der Waals surface area contributed by atoms with Crippen molar-refractivity contribution in [2.45, 2.75) is 106 Å². The second-order valence-electron chi connectivity index (χ2n) is 13.0. The zero-order valence-corrected chi connectivity index (χ0v) is 22.0. The maximum Gasteiger partial charge on any atom is 0.330 e. The molecule has 0 amide bonds. The third-order valence-electron chi connectivity index (χ3n) is 10.8. The molecule has 2 saturated carbocycles. The van der Waals surface area contributed by atoms with Gasteiger partial charge < -0.3 is 10.2 Å². The maximum absolute atomic E-state index is 11.1. The lowest BCUT2D eigenvalue weighted by Gasteiger charge is -2.62. The number of aliphatic carboxylic acids is 1. The highest BCUT2D eigenvalue weighted by Gasteiger charge is 2.60. The number of rotatable bonds is 5. The zero-order valence-electron chi connectivity index (χ0n) is 22.0. The minimum Gasteiger partial charge on any atom is -0.478 e. The number of carboxylic acids is 1. The van der Waals surface area contributed by atoms with E-state index in [-0.39, 0.29) is 22.3 Å². The summed E-state index contributed by atoms with van der Waals surface area (Å²) in [4.78, 5) is 11.1. The van der Waals surface area contributed by atoms with E-state index in [0.717, 1.165) is 32.1 Å². The van der Waals surface area contributed by atoms with Gasteiger partial charge in [0.25, 0.3) is 0 Å². The first kappa shape index (κ1) is 24.8. The molecule has 0 aromatic carbocycles. The summed E-state index contributed by atoms with van der Waals surface area (Å²) in [5.41, 5.74) is 6.00. The van der Waals surface area contributed by atoms with Gasteiger partial charge in [0.05, 0.1) is 6.10 Å². The van der Waals surface area contributed by atoms with Gasteiger partial charge in [-0.25, -0.2) is 4.79 Å². The second kappa shape index (κ2) is 8.40. The number of aliphatic hydroxyl groups excluding tert-OH is 1. The van der Waals surface area contributed by atoms with Gasteiger partial charge in [0.2, 0.25) is 0 Å². The normalized spacial score (nSPS) is 41.1. The average molecular weight is 455 g/mol. The minimum atomic E-state index is -0.806. The Kier molecular flexibility index (Phi) is 6.30. The summed E-state index contributed by atoms with van der Waals surface area (Å²) in [5, 5.41) is 19.9. The van der Waals surface area contributed by atoms with Crippen molar-refractivity contribution in [3.05, 3.63) is 34.4 Å². The molecule has 184 valence electrons. The van der Waals surface area contributed by atoms with E-state index in [0.29, 0.717) is 29.2 Å². The van der Waals surface area contributed by atoms with Gasteiger partial charge in [-0.1, -0.05) is 70.4 Å². The summed E-state index contributed by atoms with van der Waals surface area (Å²) in [6.07, 6.45) is 13.0. The van der Waals surface area contributed by atoms with Crippen LogP contribution in [0.25, 0.3) is 0 Å². The molecular weight excluding hydrogens is 408 g/mol. The summed E-state index contributed by atoms with van der Waals surface area (Å²) in [7, 11) is 0. The van der Waals surface area contributed by atoms with Crippen molar-refractivity contribution in [2.75, 3.05) is 0 Å². The highest BCUT2D eigenvalue weighted by atomic mass is 16.4. The Balaban J connectivity index is 1.64. The Morgan fingerprint density at radius 2 is 1.94 bits per heavy atom. The van der Waals surface area contributed by atoms with Crippen molar-refractivity contribution < 1.29 is 15.0 Å². The molecule has 33 heavy (non-hydrogen) atoms. The van der Waals surface area contributed by atoms with Crippen LogP contribution < -0.4 is 0 Å². The number of aliphatic hydroxyl groups is 1. The topological polar surface area (TPSA) is 57.5 Å². The standard InChI is InChI=1S/C30H46O3/c1-18(9-8-10-19(2)27(32)33)21-13-15-30(7)22-11-12-24-28(4,5)25(31)14-16-29(24,6)23(22)17-20(3)26(21)30/h10-11,18,20,23-25,31H,8-9,12-17H2,1-7H3,(H,32,33)/t18-,20-,23-,24+,25+,29-,30+/m1/s1. The molecule has 7 atom stereocenters. The van der Waals surface area contributed by atoms with E-state index < -0.39 is 5.97 Å². The van der Waals surface area contributed by atoms with E-state index in [1.165, 1.54) is 19.3 Å². The molecule has 0 aromatic rings. The fourth-order valence-electron chi connectivity index (χ4n) is 8.78. The van der Waals surface area contributed by atoms with E-state index in [9.17, 15) is 9.90 Å². The minimum absolute atomic E-state index is 0.0216. The molecule has 0 saturated heterocycles. The number of hydrogen-bond acceptors (Lipinski definition) is 2. The molecule has 2 N–H and O–H groups in total. The van der Waals surface area contributed by atoms with Gasteiger partial charge in [-0.2, -0.15) is 0 Å². The smallest absolute Gasteiger partial charge is 0.330 e. The molecule has 0 aliphatic heterocycles. The molecule has 0 spiro atoms. The third kappa shape index (κ3) is 3.77. The molecule has 0 bridgehead atoms. The molecule has 0 aromatic heterocycles. The Morgan fingerprint density at radius 3 is 2.61 bits per heavy atom. The van der Waals surface area contributed by atoms with Crippen LogP contribution in [0.2, 0.25) is 0 Å². The van der Waals surface area contributed by atoms with Crippen molar-refractivity contribution >= 4 is 5.97 Å². The largest absolute Gasteiger partial charge is 0.478 e. The first-order valence-corrected chi connectivity index (χ1v) is 13.4. The van der Waals surface area contributed by atoms with Crippen LogP contribution in [-0.4, -0.2) is 22.3 Å². The first-order valence-electron chi connectivity index (χ1n) is 13.4. The van der Waals surface area contributed by atoms with Crippen LogP contribution in [0, 0.1) is 39.9 Å². The lowest BCUT2D eigenvalue weighted by molar-refractivity contribution is -0.132. The molecule has 4 aliphatic rings. The van der Waals surface area contributed by atoms with E-state index in [4.69, 9.17) is 5.11 Å². The molecular formula is C30H46O3. The van der Waals surface area contributed by atoms with Crippen LogP contribution in [-0.2, 0) is 4.79 Å². The first-order chi connectivity index (χ1) is 15.3. The van der Waals surface area contributed by atoms with Gasteiger partial charge in [-0.15, -0.1) is 0 Å². The summed E-state index contributed by atoms with van der Waals surface area (Å²) >= 11 is 0. The lowest BCUT2D eigenvalue weighted by atomic mass is 9.43. The Labute approximate surface area is 201 Å². The van der Waals surface area contributed by atoms with Crippen molar-refractivity contribution in [1.82, 2.24) is 0 Å². The molecule has 3 nitrogen and oxygen atoms in total. The fraction of sp³-hybridized carbons (Fsp3) is 0.767. The zero-order chi connectivity index (χ0) is 24.3. The van der Waals surface area contributed by atoms with Crippen LogP contribution in [0.1, 0.15) is 99.8 Å². The molecule has 4 rings (SSSR count). The van der Waals surface area contributed by atoms with Crippen LogP contribution in [0.5, 0.6) is 0 Å². The lowest BCUT2D eigenvalue weighted by Crippen LogP contribution is -2.56. The Bertz CT molecular complexity index is 906. The van der Waals surface area contributed by atoms with Gasteiger partial charge in [0, 0.05) is 11.0 Å². The van der Waals surface area contributed by atoms with Crippen LogP contribution in [0.3, 0.4) is 0 Å². The van der Waals surface area contributed by atoms with Crippen molar-refractivity contribution in [3.63, 3.8) is 0 Å². The average Bonchev–Trinajstić information content (AvgIpc) is 3.11. The monoisotopic (exact) mass is 454 g/mol. The number of hydrogen-bond donors (Lipinski definition) is 2. The highest BCUT2D eigenvalue weighted by Crippen LogP contribution is 2.69. The highest BCUT2D eigenvalue weighted by molar-refractivity contribution is 5.85. The van der Waals surface area contributed by atoms with Crippen LogP contribution >= 0.6 is 0 Å². The molecule has 0 heterocycles. The molecule has 0 unspecified atom stereocenters. The number of carbonyl (C=O) groups is 1. The predicted octanol–water partition coefficient (Wildman–Crippen LogP) is 7.32. The molecule has 0 radical (unpaired) electrons. The summed E-state index contributed by atoms with van der Waals surface area (Å²) in [6, 6.07) is 0. The van der Waals surface area contributed by atoms with Crippen LogP contribution in [0.15, 0.2) is 34.4 Å². The van der Waals surface area contributed by atoms with Gasteiger partial charge in [-0.3, -0.25) is 0 Å². The quantitative estimate of drug-likeness (QED) is 0.338. The maximum atomic E-state index is 11.1. The number of fused-ring (bicyclic) bond motifs is 5. The summed E-state index contributed by atoms with van der Waals surface area (Å²) in [6.45, 7) is 16.2. The Morgan fingerprint density at radius 1 is 1.24 bits per heavy atom. The molecule has 3 heteroatoms. The molecule has 4 aliphatic carbocycles. The fourth-order valence-corrected chi connectivity index (χ4v) is 8.78. The van der Waals surface area contributed by atoms with Crippen molar-refractivity contribution in [1.29, 1.82) is 0 Å². The SMILES string of the molecule is CC(=CCC[C@@H](C)C1=C2[C@H](C)C[C@@H]3C(=CC[C@H]4C(C)(C)[C@@H](O)CC[C@]34C)[C@]2(C)CC1)C(=O)O. The van der Waals surface area contributed by atoms with Crippen molar-refractivity contribution in [3.8, 4) is 0 Å². The van der Waals surface area contributed by atoms with Gasteiger partial charge in [0.15, 0.2) is 0 Å². The van der Waals surface area contributed by atoms with E-state index in [1.807, 2.05) is 6.08 Å². The number of allylic oxidation sites excluding steroid dienone is 5. The Hall–Kier alpha value is -1.35. The third-order valence-corrected chi connectivity index (χ3v) is 10.8. The van der Waals surface area contributed by atoms with Crippen molar-refractivity contribution in [2.24, 2.45) is 39.9 Å². The van der Waals surface area contributed by atoms with Gasteiger partial charge >= 0.3 is 5.97 Å². The number of carboxylic acid groups (broad SMARTS) is 1. The van der Waals surface area contributed by atoms with Gasteiger partial charge in [-0.05, 0) is 92.8 Å². The predicted molar refractivity (Wildman–Crippen MR) is 135 cm³/mol. The molecule has 2 fully saturated rings. The van der Waals surface area contributed by atoms with E-state index >= 15 is 0 Å². The summed E-state index contributed by atoms with van der Waals surface area (Å²) < 4.78 is 0. The van der Waals surface area contributed by atoms with E-state index in [2.05, 4.69) is 47.6 Å². The summed E-state index contributed by atoms with van der Waals surface area (Å²) in [5.74, 6) is 1.48. The van der Waals surface area contributed by atoms with E-state index in [1.54, 1.807) is 23.6 Å². The van der Waals surface area contributed by atoms with Crippen LogP contribution in [0.4, 0.5) is 0 Å².